The van der Waals surface area contributed by atoms with Crippen LogP contribution in [0.2, 0.25) is 0 Å². The smallest absolute Gasteiger partial charge is 0.147 e. The highest BCUT2D eigenvalue weighted by Gasteiger charge is 2.19. The summed E-state index contributed by atoms with van der Waals surface area (Å²) in [6.07, 6.45) is 3.52. The van der Waals surface area contributed by atoms with Crippen molar-refractivity contribution in [3.8, 4) is 10.6 Å². The first-order valence-electron chi connectivity index (χ1n) is 6.13. The number of nitrogens with one attached hydrogen (secondary N) is 1. The molecule has 1 aromatic carbocycles. The second-order valence-corrected chi connectivity index (χ2v) is 5.55. The van der Waals surface area contributed by atoms with E-state index in [9.17, 15) is 4.39 Å². The molecule has 2 aromatic rings. The average molecular weight is 263 g/mol. The van der Waals surface area contributed by atoms with Crippen molar-refractivity contribution < 1.29 is 4.39 Å². The fraction of sp³-hybridized carbons (Fsp3) is 0.385. The molecule has 3 rings (SSSR count). The van der Waals surface area contributed by atoms with E-state index < -0.39 is 0 Å². The van der Waals surface area contributed by atoms with Crippen LogP contribution < -0.4 is 5.32 Å². The molecule has 0 aliphatic heterocycles. The minimum atomic E-state index is -0.225. The fourth-order valence-corrected chi connectivity index (χ4v) is 2.58. The largest absolute Gasteiger partial charge is 0.314 e. The second-order valence-electron chi connectivity index (χ2n) is 4.49. The predicted octanol–water partition coefficient (Wildman–Crippen LogP) is 2.64. The summed E-state index contributed by atoms with van der Waals surface area (Å²) in [4.78, 5) is 0. The van der Waals surface area contributed by atoms with Gasteiger partial charge in [-0.25, -0.2) is 4.39 Å². The van der Waals surface area contributed by atoms with Gasteiger partial charge in [0.05, 0.1) is 0 Å². The number of halogens is 1. The molecule has 1 saturated carbocycles. The van der Waals surface area contributed by atoms with Gasteiger partial charge in [0.15, 0.2) is 0 Å². The van der Waals surface area contributed by atoms with Crippen LogP contribution in [0.25, 0.3) is 10.6 Å². The summed E-state index contributed by atoms with van der Waals surface area (Å²) < 4.78 is 12.8. The predicted molar refractivity (Wildman–Crippen MR) is 70.0 cm³/mol. The maximum atomic E-state index is 12.8. The highest BCUT2D eigenvalue weighted by molar-refractivity contribution is 7.14. The molecule has 0 atom stereocenters. The SMILES string of the molecule is Fc1ccc(-c2nnc(CCNC3CC3)s2)cc1. The Labute approximate surface area is 109 Å². The third-order valence-electron chi connectivity index (χ3n) is 2.91. The van der Waals surface area contributed by atoms with Gasteiger partial charge in [0.2, 0.25) is 0 Å². The third kappa shape index (κ3) is 2.91. The normalized spacial score (nSPS) is 14.9. The first kappa shape index (κ1) is 11.7. The summed E-state index contributed by atoms with van der Waals surface area (Å²) in [7, 11) is 0. The molecule has 1 heterocycles. The van der Waals surface area contributed by atoms with Gasteiger partial charge >= 0.3 is 0 Å². The van der Waals surface area contributed by atoms with Crippen LogP contribution in [0.15, 0.2) is 24.3 Å². The molecule has 3 nitrogen and oxygen atoms in total. The van der Waals surface area contributed by atoms with E-state index in [0.29, 0.717) is 0 Å². The molecule has 0 bridgehead atoms. The highest BCUT2D eigenvalue weighted by Crippen LogP contribution is 2.24. The van der Waals surface area contributed by atoms with E-state index in [2.05, 4.69) is 15.5 Å². The van der Waals surface area contributed by atoms with Crippen molar-refractivity contribution in [2.45, 2.75) is 25.3 Å². The molecule has 1 aromatic heterocycles. The number of nitrogens with zero attached hydrogens (tertiary/aromatic N) is 2. The Morgan fingerprint density at radius 2 is 2.00 bits per heavy atom. The number of hydrogen-bond donors (Lipinski definition) is 1. The Kier molecular flexibility index (Phi) is 3.34. The second kappa shape index (κ2) is 5.12. The quantitative estimate of drug-likeness (QED) is 0.901. The lowest BCUT2D eigenvalue weighted by atomic mass is 10.2. The minimum absolute atomic E-state index is 0.225. The van der Waals surface area contributed by atoms with E-state index in [1.807, 2.05) is 0 Å². The van der Waals surface area contributed by atoms with Gasteiger partial charge in [-0.3, -0.25) is 0 Å². The van der Waals surface area contributed by atoms with Crippen LogP contribution in [-0.2, 0) is 6.42 Å². The summed E-state index contributed by atoms with van der Waals surface area (Å²) >= 11 is 1.58. The molecule has 0 unspecified atom stereocenters. The zero-order valence-corrected chi connectivity index (χ0v) is 10.7. The lowest BCUT2D eigenvalue weighted by molar-refractivity contribution is 0.628. The monoisotopic (exact) mass is 263 g/mol. The van der Waals surface area contributed by atoms with Crippen molar-refractivity contribution in [3.05, 3.63) is 35.1 Å². The van der Waals surface area contributed by atoms with Gasteiger partial charge in [0, 0.05) is 24.6 Å². The van der Waals surface area contributed by atoms with Crippen molar-refractivity contribution in [1.82, 2.24) is 15.5 Å². The van der Waals surface area contributed by atoms with Crippen molar-refractivity contribution >= 4 is 11.3 Å². The van der Waals surface area contributed by atoms with Gasteiger partial charge in [-0.1, -0.05) is 11.3 Å². The van der Waals surface area contributed by atoms with Gasteiger partial charge in [-0.2, -0.15) is 0 Å². The number of benzene rings is 1. The lowest BCUT2D eigenvalue weighted by Crippen LogP contribution is -2.19. The maximum absolute atomic E-state index is 12.8. The standard InChI is InChI=1S/C13H14FN3S/c14-10-3-1-9(2-4-10)13-17-16-12(18-13)7-8-15-11-5-6-11/h1-4,11,15H,5-8H2. The van der Waals surface area contributed by atoms with E-state index in [1.54, 1.807) is 23.5 Å². The Hall–Kier alpha value is -1.33. The fourth-order valence-electron chi connectivity index (χ4n) is 1.73. The molecule has 94 valence electrons. The lowest BCUT2D eigenvalue weighted by Gasteiger charge is -1.98. The van der Waals surface area contributed by atoms with Crippen molar-refractivity contribution in [1.29, 1.82) is 0 Å². The van der Waals surface area contributed by atoms with E-state index in [-0.39, 0.29) is 5.82 Å². The first-order valence-corrected chi connectivity index (χ1v) is 6.94. The first-order chi connectivity index (χ1) is 8.81. The highest BCUT2D eigenvalue weighted by atomic mass is 32.1. The van der Waals surface area contributed by atoms with E-state index >= 15 is 0 Å². The van der Waals surface area contributed by atoms with Crippen LogP contribution in [0.3, 0.4) is 0 Å². The summed E-state index contributed by atoms with van der Waals surface area (Å²) in [6, 6.07) is 7.11. The van der Waals surface area contributed by atoms with Crippen LogP contribution in [-0.4, -0.2) is 22.8 Å². The Morgan fingerprint density at radius 1 is 1.22 bits per heavy atom. The molecular formula is C13H14FN3S. The summed E-state index contributed by atoms with van der Waals surface area (Å²) in [5.41, 5.74) is 0.926. The van der Waals surface area contributed by atoms with Crippen LogP contribution in [0.4, 0.5) is 4.39 Å². The topological polar surface area (TPSA) is 37.8 Å². The Morgan fingerprint density at radius 3 is 2.72 bits per heavy atom. The van der Waals surface area contributed by atoms with Crippen LogP contribution >= 0.6 is 11.3 Å². The molecule has 18 heavy (non-hydrogen) atoms. The van der Waals surface area contributed by atoms with E-state index in [0.717, 1.165) is 34.6 Å². The van der Waals surface area contributed by atoms with Crippen molar-refractivity contribution in [3.63, 3.8) is 0 Å². The molecule has 0 spiro atoms. The van der Waals surface area contributed by atoms with Gasteiger partial charge in [-0.05, 0) is 37.1 Å². The average Bonchev–Trinajstić information content (AvgIpc) is 3.08. The van der Waals surface area contributed by atoms with Gasteiger partial charge in [-0.15, -0.1) is 10.2 Å². The van der Waals surface area contributed by atoms with Crippen LogP contribution in [0.1, 0.15) is 17.8 Å². The van der Waals surface area contributed by atoms with Crippen LogP contribution in [0.5, 0.6) is 0 Å². The van der Waals surface area contributed by atoms with Gasteiger partial charge < -0.3 is 5.32 Å². The molecule has 1 aliphatic carbocycles. The minimum Gasteiger partial charge on any atom is -0.314 e. The zero-order valence-electron chi connectivity index (χ0n) is 9.90. The summed E-state index contributed by atoms with van der Waals surface area (Å²) in [5.74, 6) is -0.225. The molecule has 0 radical (unpaired) electrons. The van der Waals surface area contributed by atoms with Crippen molar-refractivity contribution in [2.75, 3.05) is 6.54 Å². The van der Waals surface area contributed by atoms with Crippen molar-refractivity contribution in [2.24, 2.45) is 0 Å². The third-order valence-corrected chi connectivity index (χ3v) is 3.94. The number of aromatic nitrogens is 2. The summed E-state index contributed by atoms with van der Waals surface area (Å²) in [6.45, 7) is 0.961. The van der Waals surface area contributed by atoms with Gasteiger partial charge in [0.25, 0.3) is 0 Å². The molecule has 5 heteroatoms. The molecule has 0 amide bonds. The van der Waals surface area contributed by atoms with E-state index in [1.165, 1.54) is 25.0 Å². The molecule has 1 aliphatic rings. The Balaban J connectivity index is 1.62. The molecule has 1 N–H and O–H groups in total. The Bertz CT molecular complexity index is 519. The maximum Gasteiger partial charge on any atom is 0.147 e. The number of rotatable bonds is 5. The van der Waals surface area contributed by atoms with Crippen LogP contribution in [0, 0.1) is 5.82 Å². The van der Waals surface area contributed by atoms with Gasteiger partial charge in [0.1, 0.15) is 15.8 Å². The molecule has 0 saturated heterocycles. The molecule has 1 fully saturated rings. The van der Waals surface area contributed by atoms with E-state index in [4.69, 9.17) is 0 Å². The summed E-state index contributed by atoms with van der Waals surface area (Å²) in [5, 5.41) is 13.7. The molecular weight excluding hydrogens is 249 g/mol. The number of hydrogen-bond acceptors (Lipinski definition) is 4. The zero-order chi connectivity index (χ0) is 12.4.